The van der Waals surface area contributed by atoms with E-state index in [0.29, 0.717) is 0 Å². The lowest BCUT2D eigenvalue weighted by molar-refractivity contribution is 1.09. The van der Waals surface area contributed by atoms with E-state index >= 15 is 0 Å². The Balaban J connectivity index is 1.16. The number of nitrogens with zero attached hydrogens (tertiary/aromatic N) is 2. The molecule has 8 aromatic carbocycles. The van der Waals surface area contributed by atoms with Crippen molar-refractivity contribution in [3.63, 3.8) is 0 Å². The van der Waals surface area contributed by atoms with Crippen molar-refractivity contribution in [1.82, 2.24) is 9.13 Å². The summed E-state index contributed by atoms with van der Waals surface area (Å²) in [6.07, 6.45) is 16.4. The second-order valence-electron chi connectivity index (χ2n) is 16.3. The summed E-state index contributed by atoms with van der Waals surface area (Å²) in [6, 6.07) is 64.0. The van der Waals surface area contributed by atoms with Crippen molar-refractivity contribution in [2.75, 3.05) is 5.32 Å². The second-order valence-corrected chi connectivity index (χ2v) is 18.4. The van der Waals surface area contributed by atoms with Gasteiger partial charge in [0.25, 0.3) is 0 Å². The first-order chi connectivity index (χ1) is 32.6. The van der Waals surface area contributed by atoms with Crippen molar-refractivity contribution in [2.45, 2.75) is 26.5 Å². The Morgan fingerprint density at radius 1 is 0.500 bits per heavy atom. The largest absolute Gasteiger partial charge is 0.355 e. The molecule has 10 aromatic rings. The highest BCUT2D eigenvalue weighted by Gasteiger charge is 2.23. The average Bonchev–Trinajstić information content (AvgIpc) is 3.84. The third-order valence-electron chi connectivity index (χ3n) is 12.2. The first-order valence-electron chi connectivity index (χ1n) is 22.2. The van der Waals surface area contributed by atoms with Gasteiger partial charge in [0.05, 0.1) is 22.2 Å². The lowest BCUT2D eigenvalue weighted by atomic mass is 9.94. The molecule has 0 amide bonds. The maximum atomic E-state index is 4.39. The molecule has 11 rings (SSSR count). The Kier molecular flexibility index (Phi) is 11.0. The Labute approximate surface area is 394 Å². The lowest BCUT2D eigenvalue weighted by Gasteiger charge is -2.19. The molecule has 5 heteroatoms. The SMILES string of the molecule is C=C/C=C\C=C/n1c2ccccc2c2ccc(-c3cc(-c4ccc(-c5ccccc5)c(Nc5ccccc5)c4)cc(-n4c(/C=C\C)c(C=C)c5cc6c(cc54)Sc4ccccc4S6)c3)cc21. The Bertz CT molecular complexity index is 3610. The smallest absolute Gasteiger partial charge is 0.0553 e. The number of allylic oxidation sites excluding steroid dienone is 5. The van der Waals surface area contributed by atoms with Gasteiger partial charge in [0.15, 0.2) is 0 Å². The van der Waals surface area contributed by atoms with Crippen molar-refractivity contribution in [3.05, 3.63) is 231 Å². The molecular formula is C61H45N3S2. The predicted molar refractivity (Wildman–Crippen MR) is 286 cm³/mol. The van der Waals surface area contributed by atoms with Gasteiger partial charge in [-0.3, -0.25) is 0 Å². The molecule has 0 saturated heterocycles. The fourth-order valence-corrected chi connectivity index (χ4v) is 11.5. The highest BCUT2D eigenvalue weighted by atomic mass is 32.2. The lowest BCUT2D eigenvalue weighted by Crippen LogP contribution is -2.00. The van der Waals surface area contributed by atoms with E-state index in [1.165, 1.54) is 35.7 Å². The van der Waals surface area contributed by atoms with Gasteiger partial charge in [-0.15, -0.1) is 0 Å². The van der Waals surface area contributed by atoms with Crippen molar-refractivity contribution in [1.29, 1.82) is 0 Å². The molecular weight excluding hydrogens is 839 g/mol. The van der Waals surface area contributed by atoms with Gasteiger partial charge in [-0.2, -0.15) is 0 Å². The molecule has 316 valence electrons. The zero-order chi connectivity index (χ0) is 44.6. The molecule has 1 aliphatic heterocycles. The van der Waals surface area contributed by atoms with Gasteiger partial charge < -0.3 is 14.5 Å². The molecule has 0 fully saturated rings. The number of hydrogen-bond acceptors (Lipinski definition) is 3. The van der Waals surface area contributed by atoms with E-state index in [-0.39, 0.29) is 0 Å². The Hall–Kier alpha value is -7.70. The van der Waals surface area contributed by atoms with Gasteiger partial charge in [-0.1, -0.05) is 170 Å². The van der Waals surface area contributed by atoms with Crippen molar-refractivity contribution < 1.29 is 0 Å². The normalized spacial score (nSPS) is 12.4. The van der Waals surface area contributed by atoms with Gasteiger partial charge in [0, 0.05) is 70.1 Å². The molecule has 0 atom stereocenters. The molecule has 1 aliphatic rings. The van der Waals surface area contributed by atoms with E-state index in [9.17, 15) is 0 Å². The van der Waals surface area contributed by atoms with Crippen LogP contribution in [0.25, 0.3) is 90.1 Å². The Morgan fingerprint density at radius 3 is 1.91 bits per heavy atom. The molecule has 3 heterocycles. The molecule has 0 unspecified atom stereocenters. The molecule has 0 saturated carbocycles. The summed E-state index contributed by atoms with van der Waals surface area (Å²) < 4.78 is 4.74. The third kappa shape index (κ3) is 7.52. The number of fused-ring (bicyclic) bond motifs is 6. The summed E-state index contributed by atoms with van der Waals surface area (Å²) in [5.74, 6) is 0. The average molecular weight is 884 g/mol. The topological polar surface area (TPSA) is 21.9 Å². The van der Waals surface area contributed by atoms with Crippen LogP contribution in [-0.4, -0.2) is 9.13 Å². The number of nitrogens with one attached hydrogen (secondary N) is 1. The van der Waals surface area contributed by atoms with E-state index in [4.69, 9.17) is 0 Å². The third-order valence-corrected chi connectivity index (χ3v) is 14.8. The maximum Gasteiger partial charge on any atom is 0.0553 e. The first kappa shape index (κ1) is 41.0. The minimum Gasteiger partial charge on any atom is -0.355 e. The number of aromatic nitrogens is 2. The van der Waals surface area contributed by atoms with Crippen molar-refractivity contribution in [3.8, 4) is 39.1 Å². The summed E-state index contributed by atoms with van der Waals surface area (Å²) in [5, 5.41) is 7.39. The van der Waals surface area contributed by atoms with Gasteiger partial charge in [-0.25, -0.2) is 0 Å². The summed E-state index contributed by atoms with van der Waals surface area (Å²) in [5.41, 5.74) is 15.6. The fourth-order valence-electron chi connectivity index (χ4n) is 9.23. The summed E-state index contributed by atoms with van der Waals surface area (Å²) in [4.78, 5) is 5.10. The van der Waals surface area contributed by atoms with Crippen LogP contribution in [0.1, 0.15) is 18.2 Å². The van der Waals surface area contributed by atoms with Gasteiger partial charge in [-0.05, 0) is 120 Å². The molecule has 1 N–H and O–H groups in total. The zero-order valence-corrected chi connectivity index (χ0v) is 38.1. The second kappa shape index (κ2) is 17.7. The standard InChI is InChI=1S/C61H45N3S2/c1-4-7-8-19-33-63-54-26-16-15-25-50(54)51-32-30-43(38-56(51)63)45-34-44(42-29-31-49(41-21-11-9-12-22-41)53(37-42)62-46-23-13-10-14-24-46)35-47(36-45)64-55(20-5-2)48(6-3)52-39-60-61(40-57(52)64)66-59-28-18-17-27-58(59)65-60/h4-40,62H,1,3H2,2H3/b8-7-,20-5-,33-19-. The van der Waals surface area contributed by atoms with E-state index in [0.717, 1.165) is 78.3 Å². The highest BCUT2D eigenvalue weighted by Crippen LogP contribution is 2.51. The monoisotopic (exact) mass is 883 g/mol. The van der Waals surface area contributed by atoms with Crippen LogP contribution in [0.15, 0.2) is 239 Å². The van der Waals surface area contributed by atoms with Crippen LogP contribution in [0.3, 0.4) is 0 Å². The molecule has 66 heavy (non-hydrogen) atoms. The summed E-state index contributed by atoms with van der Waals surface area (Å²) >= 11 is 3.70. The van der Waals surface area contributed by atoms with Crippen LogP contribution in [0.5, 0.6) is 0 Å². The van der Waals surface area contributed by atoms with Crippen LogP contribution in [0.4, 0.5) is 11.4 Å². The van der Waals surface area contributed by atoms with Gasteiger partial charge >= 0.3 is 0 Å². The van der Waals surface area contributed by atoms with Crippen LogP contribution in [0, 0.1) is 0 Å². The molecule has 0 bridgehead atoms. The van der Waals surface area contributed by atoms with E-state index in [1.54, 1.807) is 6.08 Å². The zero-order valence-electron chi connectivity index (χ0n) is 36.5. The number of hydrogen-bond donors (Lipinski definition) is 1. The van der Waals surface area contributed by atoms with E-state index < -0.39 is 0 Å². The van der Waals surface area contributed by atoms with Crippen LogP contribution < -0.4 is 5.32 Å². The summed E-state index contributed by atoms with van der Waals surface area (Å²) in [7, 11) is 0. The number of benzene rings is 8. The van der Waals surface area contributed by atoms with Crippen LogP contribution >= 0.6 is 23.5 Å². The molecule has 3 nitrogen and oxygen atoms in total. The fraction of sp³-hybridized carbons (Fsp3) is 0.0164. The van der Waals surface area contributed by atoms with Crippen molar-refractivity contribution in [2.24, 2.45) is 0 Å². The van der Waals surface area contributed by atoms with Crippen LogP contribution in [0.2, 0.25) is 0 Å². The molecule has 0 radical (unpaired) electrons. The molecule has 0 spiro atoms. The number of anilines is 2. The van der Waals surface area contributed by atoms with E-state index in [1.807, 2.05) is 41.8 Å². The quantitative estimate of drug-likeness (QED) is 0.131. The predicted octanol–water partition coefficient (Wildman–Crippen LogP) is 18.0. The van der Waals surface area contributed by atoms with Gasteiger partial charge in [0.2, 0.25) is 0 Å². The van der Waals surface area contributed by atoms with Crippen molar-refractivity contribution >= 4 is 86.0 Å². The Morgan fingerprint density at radius 2 is 1.17 bits per heavy atom. The molecule has 2 aromatic heterocycles. The van der Waals surface area contributed by atoms with E-state index in [2.05, 4.69) is 235 Å². The first-order valence-corrected chi connectivity index (χ1v) is 23.8. The number of rotatable bonds is 11. The summed E-state index contributed by atoms with van der Waals surface area (Å²) in [6.45, 7) is 10.3. The minimum atomic E-state index is 1.03. The number of para-hydroxylation sites is 2. The molecule has 0 aliphatic carbocycles. The highest BCUT2D eigenvalue weighted by molar-refractivity contribution is 8.05. The minimum absolute atomic E-state index is 1.03. The maximum absolute atomic E-state index is 4.39. The van der Waals surface area contributed by atoms with Gasteiger partial charge in [0.1, 0.15) is 0 Å². The van der Waals surface area contributed by atoms with Crippen LogP contribution in [-0.2, 0) is 0 Å².